The number of aromatic carboxylic acids is 1. The van der Waals surface area contributed by atoms with Crippen molar-refractivity contribution in [1.82, 2.24) is 0 Å². The summed E-state index contributed by atoms with van der Waals surface area (Å²) < 4.78 is 5.51. The smallest absolute Gasteiger partial charge is 0.337 e. The molecule has 0 atom stereocenters. The highest BCUT2D eigenvalue weighted by Crippen LogP contribution is 2.23. The molecule has 0 amide bonds. The van der Waals surface area contributed by atoms with E-state index in [2.05, 4.69) is 12.2 Å². The molecule has 4 N–H and O–H groups in total. The Morgan fingerprint density at radius 3 is 2.43 bits per heavy atom. The summed E-state index contributed by atoms with van der Waals surface area (Å²) in [5.41, 5.74) is 7.66. The number of hydrogen-bond donors (Lipinski definition) is 3. The van der Waals surface area contributed by atoms with Crippen molar-refractivity contribution in [3.63, 3.8) is 0 Å². The lowest BCUT2D eigenvalue weighted by atomic mass is 10.1. The van der Waals surface area contributed by atoms with E-state index >= 15 is 0 Å². The monoisotopic (exact) mass is 286 g/mol. The summed E-state index contributed by atoms with van der Waals surface area (Å²) in [5.74, 6) is -0.209. The average Bonchev–Trinajstić information content (AvgIpc) is 2.46. The number of nitrogen functional groups attached to an aromatic ring is 1. The molecule has 2 rings (SSSR count). The van der Waals surface area contributed by atoms with Crippen LogP contribution in [0.15, 0.2) is 42.5 Å². The van der Waals surface area contributed by atoms with Gasteiger partial charge in [0.1, 0.15) is 5.75 Å². The number of rotatable bonds is 6. The number of nitrogens with two attached hydrogens (primary N) is 1. The molecular weight excluding hydrogens is 268 g/mol. The summed E-state index contributed by atoms with van der Waals surface area (Å²) in [4.78, 5) is 10.9. The molecule has 0 aliphatic heterocycles. The van der Waals surface area contributed by atoms with Crippen molar-refractivity contribution >= 4 is 23.0 Å². The van der Waals surface area contributed by atoms with Crippen LogP contribution in [-0.2, 0) is 0 Å². The predicted molar refractivity (Wildman–Crippen MR) is 83.3 cm³/mol. The number of hydrogen-bond acceptors (Lipinski definition) is 4. The topological polar surface area (TPSA) is 84.6 Å². The fourth-order valence-corrected chi connectivity index (χ4v) is 1.86. The van der Waals surface area contributed by atoms with Gasteiger partial charge in [-0.2, -0.15) is 0 Å². The minimum atomic E-state index is -1.03. The summed E-state index contributed by atoms with van der Waals surface area (Å²) in [6, 6.07) is 12.3. The van der Waals surface area contributed by atoms with Crippen molar-refractivity contribution in [1.29, 1.82) is 0 Å². The Kier molecular flexibility index (Phi) is 4.66. The number of nitrogens with one attached hydrogen (secondary N) is 1. The second-order valence-electron chi connectivity index (χ2n) is 4.61. The van der Waals surface area contributed by atoms with E-state index in [1.54, 1.807) is 12.1 Å². The zero-order chi connectivity index (χ0) is 15.2. The third kappa shape index (κ3) is 3.89. The minimum absolute atomic E-state index is 0.101. The molecule has 21 heavy (non-hydrogen) atoms. The lowest BCUT2D eigenvalue weighted by Gasteiger charge is -2.10. The van der Waals surface area contributed by atoms with Crippen LogP contribution in [0.4, 0.5) is 17.1 Å². The predicted octanol–water partition coefficient (Wildman–Crippen LogP) is 3.50. The number of carboxylic acids is 1. The summed E-state index contributed by atoms with van der Waals surface area (Å²) in [7, 11) is 0. The third-order valence-electron chi connectivity index (χ3n) is 2.90. The number of carboxylic acid groups (broad SMARTS) is 1. The molecule has 5 nitrogen and oxygen atoms in total. The van der Waals surface area contributed by atoms with Gasteiger partial charge in [-0.05, 0) is 48.9 Å². The van der Waals surface area contributed by atoms with Crippen molar-refractivity contribution in [2.24, 2.45) is 0 Å². The van der Waals surface area contributed by atoms with Crippen molar-refractivity contribution in [3.05, 3.63) is 48.0 Å². The molecule has 2 aromatic carbocycles. The Bertz CT molecular complexity index is 624. The number of carbonyl (C=O) groups is 1. The maximum Gasteiger partial charge on any atom is 0.337 e. The first-order valence-corrected chi connectivity index (χ1v) is 6.73. The van der Waals surface area contributed by atoms with Crippen molar-refractivity contribution in [3.8, 4) is 5.75 Å². The summed E-state index contributed by atoms with van der Waals surface area (Å²) in [6.07, 6.45) is 0.967. The van der Waals surface area contributed by atoms with Gasteiger partial charge in [-0.1, -0.05) is 6.92 Å². The average molecular weight is 286 g/mol. The lowest BCUT2D eigenvalue weighted by Crippen LogP contribution is -2.03. The summed E-state index contributed by atoms with van der Waals surface area (Å²) >= 11 is 0. The molecule has 2 aromatic rings. The highest BCUT2D eigenvalue weighted by atomic mass is 16.5. The normalized spacial score (nSPS) is 10.1. The molecule has 0 heterocycles. The zero-order valence-corrected chi connectivity index (χ0v) is 11.8. The minimum Gasteiger partial charge on any atom is -0.494 e. The van der Waals surface area contributed by atoms with E-state index in [1.807, 2.05) is 24.3 Å². The van der Waals surface area contributed by atoms with Gasteiger partial charge in [-0.15, -0.1) is 0 Å². The van der Waals surface area contributed by atoms with Gasteiger partial charge in [0.15, 0.2) is 0 Å². The molecule has 0 unspecified atom stereocenters. The molecule has 0 aromatic heterocycles. The van der Waals surface area contributed by atoms with E-state index in [1.165, 1.54) is 6.07 Å². The second-order valence-corrected chi connectivity index (χ2v) is 4.61. The second kappa shape index (κ2) is 6.65. The first-order valence-electron chi connectivity index (χ1n) is 6.73. The van der Waals surface area contributed by atoms with Gasteiger partial charge in [-0.25, -0.2) is 4.79 Å². The van der Waals surface area contributed by atoms with Gasteiger partial charge >= 0.3 is 5.97 Å². The van der Waals surface area contributed by atoms with Gasteiger partial charge < -0.3 is 20.9 Å². The van der Waals surface area contributed by atoms with E-state index in [0.29, 0.717) is 6.61 Å². The molecule has 0 bridgehead atoms. The largest absolute Gasteiger partial charge is 0.494 e. The van der Waals surface area contributed by atoms with Crippen LogP contribution in [0.2, 0.25) is 0 Å². The highest BCUT2D eigenvalue weighted by molar-refractivity contribution is 5.94. The molecule has 0 saturated heterocycles. The molecular formula is C16H18N2O3. The van der Waals surface area contributed by atoms with Crippen LogP contribution < -0.4 is 15.8 Å². The van der Waals surface area contributed by atoms with Crippen LogP contribution in [0.5, 0.6) is 5.75 Å². The van der Waals surface area contributed by atoms with Crippen LogP contribution in [0.1, 0.15) is 23.7 Å². The molecule has 0 aliphatic carbocycles. The molecule has 5 heteroatoms. The highest BCUT2D eigenvalue weighted by Gasteiger charge is 2.08. The lowest BCUT2D eigenvalue weighted by molar-refractivity contribution is 0.0698. The summed E-state index contributed by atoms with van der Waals surface area (Å²) in [5, 5.41) is 12.1. The Labute approximate surface area is 123 Å². The standard InChI is InChI=1S/C16H18N2O3/c1-2-9-21-13-6-3-11(4-7-13)18-12-5-8-14(16(19)20)15(17)10-12/h3-8,10,18H,2,9,17H2,1H3,(H,19,20). The fourth-order valence-electron chi connectivity index (χ4n) is 1.86. The SMILES string of the molecule is CCCOc1ccc(Nc2ccc(C(=O)O)c(N)c2)cc1. The molecule has 0 aliphatic rings. The van der Waals surface area contributed by atoms with Crippen molar-refractivity contribution in [2.45, 2.75) is 13.3 Å². The van der Waals surface area contributed by atoms with Gasteiger partial charge in [-0.3, -0.25) is 0 Å². The van der Waals surface area contributed by atoms with Crippen LogP contribution in [-0.4, -0.2) is 17.7 Å². The van der Waals surface area contributed by atoms with Gasteiger partial charge in [0.2, 0.25) is 0 Å². The van der Waals surface area contributed by atoms with E-state index in [4.69, 9.17) is 15.6 Å². The first kappa shape index (κ1) is 14.7. The maximum absolute atomic E-state index is 10.9. The Balaban J connectivity index is 2.07. The number of benzene rings is 2. The van der Waals surface area contributed by atoms with Gasteiger partial charge in [0.05, 0.1) is 12.2 Å². The zero-order valence-electron chi connectivity index (χ0n) is 11.8. The van der Waals surface area contributed by atoms with Crippen LogP contribution >= 0.6 is 0 Å². The van der Waals surface area contributed by atoms with Crippen LogP contribution in [0.3, 0.4) is 0 Å². The van der Waals surface area contributed by atoms with Crippen molar-refractivity contribution < 1.29 is 14.6 Å². The van der Waals surface area contributed by atoms with Gasteiger partial charge in [0.25, 0.3) is 0 Å². The van der Waals surface area contributed by atoms with E-state index in [-0.39, 0.29) is 11.3 Å². The molecule has 110 valence electrons. The van der Waals surface area contributed by atoms with E-state index < -0.39 is 5.97 Å². The summed E-state index contributed by atoms with van der Waals surface area (Å²) in [6.45, 7) is 2.75. The number of ether oxygens (including phenoxy) is 1. The molecule has 0 spiro atoms. The van der Waals surface area contributed by atoms with Crippen molar-refractivity contribution in [2.75, 3.05) is 17.7 Å². The number of anilines is 3. The first-order chi connectivity index (χ1) is 10.1. The molecule has 0 radical (unpaired) electrons. The quantitative estimate of drug-likeness (QED) is 0.708. The van der Waals surface area contributed by atoms with E-state index in [9.17, 15) is 4.79 Å². The Morgan fingerprint density at radius 1 is 1.19 bits per heavy atom. The van der Waals surface area contributed by atoms with Crippen LogP contribution in [0.25, 0.3) is 0 Å². The van der Waals surface area contributed by atoms with Gasteiger partial charge in [0, 0.05) is 17.1 Å². The third-order valence-corrected chi connectivity index (χ3v) is 2.90. The van der Waals surface area contributed by atoms with E-state index in [0.717, 1.165) is 23.5 Å². The molecule has 0 fully saturated rings. The molecule has 0 saturated carbocycles. The Morgan fingerprint density at radius 2 is 1.86 bits per heavy atom. The maximum atomic E-state index is 10.9. The fraction of sp³-hybridized carbons (Fsp3) is 0.188. The Hall–Kier alpha value is -2.69. The van der Waals surface area contributed by atoms with Crippen LogP contribution in [0, 0.1) is 0 Å².